The van der Waals surface area contributed by atoms with Gasteiger partial charge in [-0.1, -0.05) is 0 Å². The number of pyridine rings is 1. The van der Waals surface area contributed by atoms with Crippen LogP contribution in [0.2, 0.25) is 0 Å². The third-order valence-corrected chi connectivity index (χ3v) is 5.47. The molecule has 0 radical (unpaired) electrons. The Labute approximate surface area is 183 Å². The first-order chi connectivity index (χ1) is 15.0. The predicted octanol–water partition coefficient (Wildman–Crippen LogP) is 4.43. The minimum Gasteiger partial charge on any atom is -0.497 e. The topological polar surface area (TPSA) is 87.0 Å². The smallest absolute Gasteiger partial charge is 0.276 e. The van der Waals surface area contributed by atoms with E-state index in [4.69, 9.17) is 14.2 Å². The van der Waals surface area contributed by atoms with Gasteiger partial charge in [0.15, 0.2) is 16.5 Å². The summed E-state index contributed by atoms with van der Waals surface area (Å²) in [4.78, 5) is 22.1. The summed E-state index contributed by atoms with van der Waals surface area (Å²) in [5, 5.41) is 5.21. The zero-order chi connectivity index (χ0) is 22.0. The highest BCUT2D eigenvalue weighted by Crippen LogP contribution is 2.35. The van der Waals surface area contributed by atoms with Crippen LogP contribution in [0, 0.1) is 6.92 Å². The Morgan fingerprint density at radius 2 is 2.00 bits per heavy atom. The number of aromatic nitrogens is 3. The molecule has 4 rings (SSSR count). The van der Waals surface area contributed by atoms with Gasteiger partial charge in [-0.25, -0.2) is 9.97 Å². The molecule has 3 heterocycles. The molecular formula is C22H22N4O4S. The molecule has 160 valence electrons. The molecule has 31 heavy (non-hydrogen) atoms. The molecule has 1 N–H and O–H groups in total. The SMILES string of the molecule is CCOc1cccn2c(C(=O)Nc3nc(-c4cc(OC)ccc4OC)cs3)c(C)nc12. The van der Waals surface area contributed by atoms with Crippen molar-refractivity contribution in [2.75, 3.05) is 26.1 Å². The first kappa shape index (κ1) is 20.7. The van der Waals surface area contributed by atoms with Crippen LogP contribution in [0.15, 0.2) is 41.9 Å². The van der Waals surface area contributed by atoms with Gasteiger partial charge >= 0.3 is 0 Å². The number of carbonyl (C=O) groups excluding carboxylic acids is 1. The van der Waals surface area contributed by atoms with Gasteiger partial charge in [0.2, 0.25) is 0 Å². The number of rotatable bonds is 7. The third kappa shape index (κ3) is 3.91. The zero-order valence-corrected chi connectivity index (χ0v) is 18.4. The van der Waals surface area contributed by atoms with Crippen LogP contribution in [0.3, 0.4) is 0 Å². The quantitative estimate of drug-likeness (QED) is 0.459. The maximum Gasteiger partial charge on any atom is 0.276 e. The number of fused-ring (bicyclic) bond motifs is 1. The number of imidazole rings is 1. The van der Waals surface area contributed by atoms with Crippen LogP contribution >= 0.6 is 11.3 Å². The summed E-state index contributed by atoms with van der Waals surface area (Å²) in [6.07, 6.45) is 1.79. The highest BCUT2D eigenvalue weighted by atomic mass is 32.1. The van der Waals surface area contributed by atoms with Gasteiger partial charge in [-0.15, -0.1) is 11.3 Å². The summed E-state index contributed by atoms with van der Waals surface area (Å²) in [5.74, 6) is 1.71. The van der Waals surface area contributed by atoms with Crippen molar-refractivity contribution in [2.45, 2.75) is 13.8 Å². The molecule has 0 aliphatic rings. The number of methoxy groups -OCH3 is 2. The van der Waals surface area contributed by atoms with E-state index in [9.17, 15) is 4.79 Å². The average molecular weight is 439 g/mol. The zero-order valence-electron chi connectivity index (χ0n) is 17.6. The lowest BCUT2D eigenvalue weighted by Crippen LogP contribution is -2.15. The van der Waals surface area contributed by atoms with E-state index in [2.05, 4.69) is 15.3 Å². The maximum absolute atomic E-state index is 13.1. The predicted molar refractivity (Wildman–Crippen MR) is 120 cm³/mol. The number of benzene rings is 1. The first-order valence-corrected chi connectivity index (χ1v) is 10.5. The molecule has 0 atom stereocenters. The highest BCUT2D eigenvalue weighted by Gasteiger charge is 2.20. The van der Waals surface area contributed by atoms with E-state index >= 15 is 0 Å². The molecule has 0 aliphatic carbocycles. The number of amides is 1. The van der Waals surface area contributed by atoms with E-state index in [1.54, 1.807) is 31.7 Å². The fraction of sp³-hybridized carbons (Fsp3) is 0.227. The van der Waals surface area contributed by atoms with E-state index in [0.717, 1.165) is 5.56 Å². The number of ether oxygens (including phenoxy) is 3. The maximum atomic E-state index is 13.1. The van der Waals surface area contributed by atoms with Crippen molar-refractivity contribution in [1.82, 2.24) is 14.4 Å². The van der Waals surface area contributed by atoms with Crippen molar-refractivity contribution in [3.05, 3.63) is 53.3 Å². The third-order valence-electron chi connectivity index (χ3n) is 4.71. The molecule has 0 saturated heterocycles. The minimum absolute atomic E-state index is 0.294. The lowest BCUT2D eigenvalue weighted by atomic mass is 10.1. The van der Waals surface area contributed by atoms with Crippen molar-refractivity contribution >= 4 is 28.0 Å². The van der Waals surface area contributed by atoms with Gasteiger partial charge in [0.25, 0.3) is 5.91 Å². The Morgan fingerprint density at radius 1 is 1.16 bits per heavy atom. The number of aryl methyl sites for hydroxylation is 1. The van der Waals surface area contributed by atoms with Crippen LogP contribution in [-0.2, 0) is 0 Å². The Hall–Kier alpha value is -3.59. The van der Waals surface area contributed by atoms with Crippen LogP contribution in [0.5, 0.6) is 17.2 Å². The van der Waals surface area contributed by atoms with Gasteiger partial charge in [0.1, 0.15) is 17.2 Å². The van der Waals surface area contributed by atoms with Gasteiger partial charge < -0.3 is 14.2 Å². The van der Waals surface area contributed by atoms with Gasteiger partial charge in [0, 0.05) is 17.1 Å². The number of nitrogens with zero attached hydrogens (tertiary/aromatic N) is 3. The summed E-state index contributed by atoms with van der Waals surface area (Å²) in [5.41, 5.74) is 3.12. The minimum atomic E-state index is -0.294. The van der Waals surface area contributed by atoms with Crippen LogP contribution in [0.25, 0.3) is 16.9 Å². The summed E-state index contributed by atoms with van der Waals surface area (Å²) in [6.45, 7) is 4.22. The van der Waals surface area contributed by atoms with Crippen molar-refractivity contribution in [1.29, 1.82) is 0 Å². The largest absolute Gasteiger partial charge is 0.497 e. The normalized spacial score (nSPS) is 10.8. The Morgan fingerprint density at radius 3 is 2.74 bits per heavy atom. The molecule has 0 bridgehead atoms. The number of carbonyl (C=O) groups is 1. The number of thiazole rings is 1. The molecule has 8 nitrogen and oxygen atoms in total. The Kier molecular flexibility index (Phi) is 5.77. The molecule has 0 saturated carbocycles. The molecule has 0 aliphatic heterocycles. The molecular weight excluding hydrogens is 416 g/mol. The number of anilines is 1. The average Bonchev–Trinajstić information content (AvgIpc) is 3.37. The lowest BCUT2D eigenvalue weighted by Gasteiger charge is -2.08. The van der Waals surface area contributed by atoms with Crippen LogP contribution in [0.1, 0.15) is 23.1 Å². The van der Waals surface area contributed by atoms with Crippen LogP contribution in [0.4, 0.5) is 5.13 Å². The van der Waals surface area contributed by atoms with Gasteiger partial charge in [-0.05, 0) is 44.2 Å². The Balaban J connectivity index is 1.64. The molecule has 9 heteroatoms. The van der Waals surface area contributed by atoms with Crippen molar-refractivity contribution in [2.24, 2.45) is 0 Å². The lowest BCUT2D eigenvalue weighted by molar-refractivity contribution is 0.102. The highest BCUT2D eigenvalue weighted by molar-refractivity contribution is 7.14. The van der Waals surface area contributed by atoms with Gasteiger partial charge in [-0.2, -0.15) is 0 Å². The second kappa shape index (κ2) is 8.65. The molecule has 3 aromatic heterocycles. The van der Waals surface area contributed by atoms with E-state index in [-0.39, 0.29) is 5.91 Å². The summed E-state index contributed by atoms with van der Waals surface area (Å²) in [7, 11) is 3.21. The summed E-state index contributed by atoms with van der Waals surface area (Å²) < 4.78 is 18.1. The van der Waals surface area contributed by atoms with Gasteiger partial charge in [0.05, 0.1) is 32.2 Å². The van der Waals surface area contributed by atoms with Crippen molar-refractivity contribution in [3.8, 4) is 28.5 Å². The summed E-state index contributed by atoms with van der Waals surface area (Å²) >= 11 is 1.33. The second-order valence-electron chi connectivity index (χ2n) is 6.60. The van der Waals surface area contributed by atoms with Crippen LogP contribution < -0.4 is 19.5 Å². The standard InChI is InChI=1S/C22H22N4O4S/c1-5-30-18-7-6-10-26-19(13(2)23-20(18)26)21(27)25-22-24-16(12-31-22)15-11-14(28-3)8-9-17(15)29-4/h6-12H,5H2,1-4H3,(H,24,25,27). The van der Waals surface area contributed by atoms with Crippen molar-refractivity contribution < 1.29 is 19.0 Å². The van der Waals surface area contributed by atoms with E-state index < -0.39 is 0 Å². The molecule has 0 spiro atoms. The van der Waals surface area contributed by atoms with Crippen molar-refractivity contribution in [3.63, 3.8) is 0 Å². The molecule has 1 amide bonds. The molecule has 0 unspecified atom stereocenters. The van der Waals surface area contributed by atoms with Crippen LogP contribution in [-0.4, -0.2) is 41.1 Å². The van der Waals surface area contributed by atoms with E-state index in [1.807, 2.05) is 42.6 Å². The first-order valence-electron chi connectivity index (χ1n) is 9.65. The fourth-order valence-electron chi connectivity index (χ4n) is 3.32. The second-order valence-corrected chi connectivity index (χ2v) is 7.46. The molecule has 1 aromatic carbocycles. The van der Waals surface area contributed by atoms with E-state index in [1.165, 1.54) is 11.3 Å². The van der Waals surface area contributed by atoms with E-state index in [0.29, 0.717) is 51.7 Å². The van der Waals surface area contributed by atoms with Gasteiger partial charge in [-0.3, -0.25) is 14.5 Å². The fourth-order valence-corrected chi connectivity index (χ4v) is 4.03. The number of nitrogens with one attached hydrogen (secondary N) is 1. The summed E-state index contributed by atoms with van der Waals surface area (Å²) in [6, 6.07) is 9.16. The monoisotopic (exact) mass is 438 g/mol. The molecule has 0 fully saturated rings. The molecule has 4 aromatic rings. The Bertz CT molecular complexity index is 1250. The number of hydrogen-bond acceptors (Lipinski definition) is 7. The number of hydrogen-bond donors (Lipinski definition) is 1.